The largest absolute Gasteiger partial charge is 0.298 e. The fourth-order valence-corrected chi connectivity index (χ4v) is 4.22. The SMILES string of the molecule is N#C[C@@H]1[C@H]2c3ccccc3[C@@H](c3c(C=O)cccc32)[C@@H]1C#N. The second kappa shape index (κ2) is 4.55. The number of hydrogen-bond donors (Lipinski definition) is 0. The van der Waals surface area contributed by atoms with Crippen LogP contribution in [0.25, 0.3) is 0 Å². The molecule has 0 saturated heterocycles. The van der Waals surface area contributed by atoms with Crippen LogP contribution < -0.4 is 0 Å². The summed E-state index contributed by atoms with van der Waals surface area (Å²) < 4.78 is 0. The van der Waals surface area contributed by atoms with Crippen LogP contribution in [0, 0.1) is 34.5 Å². The van der Waals surface area contributed by atoms with E-state index in [0.29, 0.717) is 5.56 Å². The Hall–Kier alpha value is -2.91. The van der Waals surface area contributed by atoms with Crippen molar-refractivity contribution in [2.24, 2.45) is 11.8 Å². The van der Waals surface area contributed by atoms with E-state index in [1.54, 1.807) is 6.07 Å². The van der Waals surface area contributed by atoms with E-state index in [4.69, 9.17) is 0 Å². The first kappa shape index (κ1) is 12.8. The summed E-state index contributed by atoms with van der Waals surface area (Å²) in [4.78, 5) is 11.5. The molecule has 5 rings (SSSR count). The first-order valence-electron chi connectivity index (χ1n) is 7.28. The second-order valence-corrected chi connectivity index (χ2v) is 5.86. The summed E-state index contributed by atoms with van der Waals surface area (Å²) in [7, 11) is 0. The van der Waals surface area contributed by atoms with Crippen molar-refractivity contribution in [3.05, 3.63) is 70.3 Å². The van der Waals surface area contributed by atoms with Gasteiger partial charge in [-0.2, -0.15) is 10.5 Å². The lowest BCUT2D eigenvalue weighted by atomic mass is 9.54. The smallest absolute Gasteiger partial charge is 0.150 e. The van der Waals surface area contributed by atoms with Crippen molar-refractivity contribution in [3.63, 3.8) is 0 Å². The van der Waals surface area contributed by atoms with Gasteiger partial charge in [0.05, 0.1) is 24.0 Å². The maximum Gasteiger partial charge on any atom is 0.150 e. The van der Waals surface area contributed by atoms with Crippen molar-refractivity contribution in [1.82, 2.24) is 0 Å². The van der Waals surface area contributed by atoms with Crippen LogP contribution in [0.2, 0.25) is 0 Å². The standard InChI is InChI=1S/C19H12N2O/c20-8-15-16(9-21)19-13-6-2-1-5-12(13)18(15)14-7-3-4-11(10-22)17(14)19/h1-7,10,15-16,18-19H/t15-,16+,18-,19+/m0/s1. The predicted molar refractivity (Wildman–Crippen MR) is 80.2 cm³/mol. The van der Waals surface area contributed by atoms with Gasteiger partial charge in [0.15, 0.2) is 0 Å². The van der Waals surface area contributed by atoms with E-state index in [2.05, 4.69) is 12.1 Å². The third kappa shape index (κ3) is 1.41. The molecule has 0 heterocycles. The molecule has 0 unspecified atom stereocenters. The van der Waals surface area contributed by atoms with Crippen LogP contribution in [-0.2, 0) is 0 Å². The molecule has 0 spiro atoms. The molecule has 0 radical (unpaired) electrons. The zero-order valence-electron chi connectivity index (χ0n) is 11.7. The minimum absolute atomic E-state index is 0.120. The summed E-state index contributed by atoms with van der Waals surface area (Å²) in [5, 5.41) is 19.3. The molecule has 4 atom stereocenters. The number of nitriles is 2. The lowest BCUT2D eigenvalue weighted by molar-refractivity contribution is 0.112. The Bertz CT molecular complexity index is 872. The van der Waals surface area contributed by atoms with E-state index in [0.717, 1.165) is 28.5 Å². The number of carbonyl (C=O) groups excluding carboxylic acids is 1. The Morgan fingerprint density at radius 3 is 2.05 bits per heavy atom. The van der Waals surface area contributed by atoms with E-state index >= 15 is 0 Å². The Morgan fingerprint density at radius 2 is 1.41 bits per heavy atom. The molecule has 2 aromatic rings. The molecule has 2 aromatic carbocycles. The maximum absolute atomic E-state index is 11.5. The summed E-state index contributed by atoms with van der Waals surface area (Å²) in [6.45, 7) is 0. The number of fused-ring (bicyclic) bond motifs is 1. The molecule has 0 aromatic heterocycles. The fraction of sp³-hybridized carbons (Fsp3) is 0.211. The lowest BCUT2D eigenvalue weighted by Crippen LogP contribution is -2.39. The average molecular weight is 284 g/mol. The molecule has 0 amide bonds. The molecule has 104 valence electrons. The van der Waals surface area contributed by atoms with Crippen molar-refractivity contribution in [2.75, 3.05) is 0 Å². The van der Waals surface area contributed by atoms with Crippen molar-refractivity contribution >= 4 is 6.29 Å². The molecule has 0 saturated carbocycles. The maximum atomic E-state index is 11.5. The summed E-state index contributed by atoms with van der Waals surface area (Å²) in [6, 6.07) is 18.3. The lowest BCUT2D eigenvalue weighted by Gasteiger charge is -2.46. The number of carbonyl (C=O) groups is 1. The molecule has 22 heavy (non-hydrogen) atoms. The van der Waals surface area contributed by atoms with Gasteiger partial charge in [-0.05, 0) is 22.3 Å². The second-order valence-electron chi connectivity index (χ2n) is 5.86. The zero-order valence-corrected chi connectivity index (χ0v) is 11.7. The van der Waals surface area contributed by atoms with Crippen LogP contribution in [-0.4, -0.2) is 6.29 Å². The number of rotatable bonds is 1. The van der Waals surface area contributed by atoms with Crippen LogP contribution in [0.5, 0.6) is 0 Å². The number of benzene rings is 2. The Labute approximate surface area is 128 Å². The molecule has 0 N–H and O–H groups in total. The van der Waals surface area contributed by atoms with Gasteiger partial charge in [-0.25, -0.2) is 0 Å². The van der Waals surface area contributed by atoms with Gasteiger partial charge in [-0.1, -0.05) is 42.5 Å². The monoisotopic (exact) mass is 284 g/mol. The Kier molecular flexibility index (Phi) is 2.65. The highest BCUT2D eigenvalue weighted by molar-refractivity contribution is 5.81. The van der Waals surface area contributed by atoms with E-state index in [1.807, 2.05) is 36.4 Å². The quantitative estimate of drug-likeness (QED) is 0.754. The summed E-state index contributed by atoms with van der Waals surface area (Å²) in [5.41, 5.74) is 4.83. The molecule has 3 aliphatic rings. The highest BCUT2D eigenvalue weighted by Crippen LogP contribution is 2.58. The highest BCUT2D eigenvalue weighted by Gasteiger charge is 2.50. The molecular formula is C19H12N2O. The van der Waals surface area contributed by atoms with Gasteiger partial charge in [-0.15, -0.1) is 0 Å². The van der Waals surface area contributed by atoms with E-state index in [-0.39, 0.29) is 17.8 Å². The van der Waals surface area contributed by atoms with Gasteiger partial charge in [0, 0.05) is 17.4 Å². The summed E-state index contributed by atoms with van der Waals surface area (Å²) in [5.74, 6) is -1.07. The van der Waals surface area contributed by atoms with Crippen molar-refractivity contribution < 1.29 is 4.79 Å². The van der Waals surface area contributed by atoms with E-state index in [1.165, 1.54) is 0 Å². The van der Waals surface area contributed by atoms with Crippen molar-refractivity contribution in [3.8, 4) is 12.1 Å². The first-order chi connectivity index (χ1) is 10.8. The van der Waals surface area contributed by atoms with Crippen LogP contribution in [0.4, 0.5) is 0 Å². The number of hydrogen-bond acceptors (Lipinski definition) is 3. The van der Waals surface area contributed by atoms with Crippen LogP contribution in [0.15, 0.2) is 42.5 Å². The van der Waals surface area contributed by atoms with E-state index in [9.17, 15) is 15.3 Å². The Balaban J connectivity index is 2.11. The van der Waals surface area contributed by atoms with Gasteiger partial charge in [0.1, 0.15) is 6.29 Å². The Morgan fingerprint density at radius 1 is 0.818 bits per heavy atom. The van der Waals surface area contributed by atoms with E-state index < -0.39 is 5.92 Å². The van der Waals surface area contributed by atoms with Gasteiger partial charge < -0.3 is 0 Å². The van der Waals surface area contributed by atoms with Gasteiger partial charge >= 0.3 is 0 Å². The fourth-order valence-electron chi connectivity index (χ4n) is 4.22. The number of aldehydes is 1. The zero-order chi connectivity index (χ0) is 15.3. The van der Waals surface area contributed by atoms with Crippen LogP contribution >= 0.6 is 0 Å². The van der Waals surface area contributed by atoms with Crippen LogP contribution in [0.1, 0.15) is 44.4 Å². The number of nitrogens with zero attached hydrogens (tertiary/aromatic N) is 2. The van der Waals surface area contributed by atoms with Gasteiger partial charge in [0.2, 0.25) is 0 Å². The molecule has 3 nitrogen and oxygen atoms in total. The summed E-state index contributed by atoms with van der Waals surface area (Å²) >= 11 is 0. The minimum atomic E-state index is -0.404. The topological polar surface area (TPSA) is 64.7 Å². The van der Waals surface area contributed by atoms with Gasteiger partial charge in [-0.3, -0.25) is 4.79 Å². The average Bonchev–Trinajstić information content (AvgIpc) is 2.60. The summed E-state index contributed by atoms with van der Waals surface area (Å²) in [6.07, 6.45) is 0.859. The van der Waals surface area contributed by atoms with Crippen LogP contribution in [0.3, 0.4) is 0 Å². The van der Waals surface area contributed by atoms with Crippen molar-refractivity contribution in [1.29, 1.82) is 10.5 Å². The highest BCUT2D eigenvalue weighted by atomic mass is 16.1. The third-order valence-electron chi connectivity index (χ3n) is 5.02. The molecule has 0 aliphatic heterocycles. The molecule has 3 heteroatoms. The molecule has 0 fully saturated rings. The minimum Gasteiger partial charge on any atom is -0.298 e. The molecular weight excluding hydrogens is 272 g/mol. The first-order valence-corrected chi connectivity index (χ1v) is 7.28. The van der Waals surface area contributed by atoms with Crippen molar-refractivity contribution in [2.45, 2.75) is 11.8 Å². The molecule has 2 bridgehead atoms. The molecule has 3 aliphatic carbocycles. The predicted octanol–water partition coefficient (Wildman–Crippen LogP) is 3.37. The van der Waals surface area contributed by atoms with Gasteiger partial charge in [0.25, 0.3) is 0 Å². The third-order valence-corrected chi connectivity index (χ3v) is 5.02. The normalized spacial score (nSPS) is 27.2.